The Morgan fingerprint density at radius 2 is 1.96 bits per heavy atom. The highest BCUT2D eigenvalue weighted by Gasteiger charge is 2.03. The van der Waals surface area contributed by atoms with E-state index in [0.717, 1.165) is 30.4 Å². The summed E-state index contributed by atoms with van der Waals surface area (Å²) in [6, 6.07) is 13.7. The van der Waals surface area contributed by atoms with E-state index in [4.69, 9.17) is 0 Å². The largest absolute Gasteiger partial charge is 0.357 e. The Morgan fingerprint density at radius 1 is 1.17 bits per heavy atom. The summed E-state index contributed by atoms with van der Waals surface area (Å²) in [4.78, 5) is 6.72. The van der Waals surface area contributed by atoms with Crippen molar-refractivity contribution in [1.82, 2.24) is 10.6 Å². The van der Waals surface area contributed by atoms with Crippen LogP contribution in [0, 0.1) is 0 Å². The van der Waals surface area contributed by atoms with Crippen LogP contribution in [0.15, 0.2) is 57.7 Å². The first-order valence-electron chi connectivity index (χ1n) is 7.77. The lowest BCUT2D eigenvalue weighted by Gasteiger charge is -2.10. The number of aliphatic imine (C=N–C) groups is 1. The van der Waals surface area contributed by atoms with Crippen molar-refractivity contribution in [3.8, 4) is 0 Å². The van der Waals surface area contributed by atoms with Gasteiger partial charge in [-0.05, 0) is 36.9 Å². The minimum Gasteiger partial charge on any atom is -0.357 e. The molecular weight excluding hydrogens is 453 g/mol. The molecule has 24 heavy (non-hydrogen) atoms. The highest BCUT2D eigenvalue weighted by atomic mass is 127. The quantitative estimate of drug-likeness (QED) is 0.349. The van der Waals surface area contributed by atoms with Crippen molar-refractivity contribution in [3.05, 3.63) is 52.7 Å². The first-order chi connectivity index (χ1) is 11.3. The number of benzene rings is 1. The predicted octanol–water partition coefficient (Wildman–Crippen LogP) is 3.27. The van der Waals surface area contributed by atoms with Crippen molar-refractivity contribution in [2.45, 2.75) is 18.2 Å². The second-order valence-electron chi connectivity index (χ2n) is 4.88. The maximum absolute atomic E-state index is 12.2. The molecule has 1 aromatic carbocycles. The molecule has 0 saturated heterocycles. The van der Waals surface area contributed by atoms with Crippen LogP contribution in [0.3, 0.4) is 0 Å². The van der Waals surface area contributed by atoms with Crippen molar-refractivity contribution < 1.29 is 4.21 Å². The van der Waals surface area contributed by atoms with Gasteiger partial charge in [0.25, 0.3) is 0 Å². The lowest BCUT2D eigenvalue weighted by molar-refractivity contribution is 0.682. The molecule has 7 heteroatoms. The molecule has 132 valence electrons. The third-order valence-electron chi connectivity index (χ3n) is 3.14. The Hall–Kier alpha value is -0.930. The van der Waals surface area contributed by atoms with Crippen LogP contribution in [-0.4, -0.2) is 35.6 Å². The standard InChI is InChI=1S/C17H23N3OS2.HI/c1-2-18-17(19-11-10-15-7-6-13-22-15)20-12-14-23(21)16-8-4-3-5-9-16;/h3-9,13H,2,10-12,14H2,1H3,(H2,18,19,20);1H. The lowest BCUT2D eigenvalue weighted by Crippen LogP contribution is -2.38. The smallest absolute Gasteiger partial charge is 0.191 e. The van der Waals surface area contributed by atoms with Crippen LogP contribution >= 0.6 is 35.3 Å². The SMILES string of the molecule is CCNC(=NCCS(=O)c1ccccc1)NCCc1cccs1.I. The second kappa shape index (κ2) is 12.4. The maximum atomic E-state index is 12.2. The van der Waals surface area contributed by atoms with Crippen LogP contribution in [0.25, 0.3) is 0 Å². The molecule has 2 N–H and O–H groups in total. The van der Waals surface area contributed by atoms with Gasteiger partial charge >= 0.3 is 0 Å². The Labute approximate surface area is 167 Å². The molecule has 1 heterocycles. The molecule has 0 amide bonds. The van der Waals surface area contributed by atoms with Crippen molar-refractivity contribution in [3.63, 3.8) is 0 Å². The van der Waals surface area contributed by atoms with Crippen LogP contribution in [0.4, 0.5) is 0 Å². The van der Waals surface area contributed by atoms with Crippen LogP contribution in [0.2, 0.25) is 0 Å². The highest BCUT2D eigenvalue weighted by Crippen LogP contribution is 2.08. The minimum absolute atomic E-state index is 0. The fraction of sp³-hybridized carbons (Fsp3) is 0.353. The molecule has 4 nitrogen and oxygen atoms in total. The van der Waals surface area contributed by atoms with E-state index >= 15 is 0 Å². The van der Waals surface area contributed by atoms with E-state index in [1.165, 1.54) is 4.88 Å². The van der Waals surface area contributed by atoms with E-state index in [-0.39, 0.29) is 24.0 Å². The van der Waals surface area contributed by atoms with Crippen LogP contribution in [0.5, 0.6) is 0 Å². The van der Waals surface area contributed by atoms with Crippen molar-refractivity contribution in [2.75, 3.05) is 25.4 Å². The van der Waals surface area contributed by atoms with Gasteiger partial charge in [-0.2, -0.15) is 0 Å². The molecule has 1 unspecified atom stereocenters. The zero-order chi connectivity index (χ0) is 16.3. The van der Waals surface area contributed by atoms with Gasteiger partial charge in [-0.15, -0.1) is 35.3 Å². The normalized spacial score (nSPS) is 12.3. The van der Waals surface area contributed by atoms with Gasteiger partial charge in [-0.3, -0.25) is 9.20 Å². The fourth-order valence-corrected chi connectivity index (χ4v) is 3.69. The van der Waals surface area contributed by atoms with Crippen LogP contribution in [-0.2, 0) is 17.2 Å². The highest BCUT2D eigenvalue weighted by molar-refractivity contribution is 14.0. The average molecular weight is 477 g/mol. The van der Waals surface area contributed by atoms with E-state index in [9.17, 15) is 4.21 Å². The molecule has 0 fully saturated rings. The first kappa shape index (κ1) is 21.1. The van der Waals surface area contributed by atoms with Gasteiger partial charge < -0.3 is 10.6 Å². The molecule has 1 atom stereocenters. The topological polar surface area (TPSA) is 53.5 Å². The summed E-state index contributed by atoms with van der Waals surface area (Å²) in [6.45, 7) is 4.23. The number of nitrogens with zero attached hydrogens (tertiary/aromatic N) is 1. The molecule has 0 spiro atoms. The summed E-state index contributed by atoms with van der Waals surface area (Å²) in [6.07, 6.45) is 0.984. The summed E-state index contributed by atoms with van der Waals surface area (Å²) in [7, 11) is -0.995. The number of rotatable bonds is 8. The summed E-state index contributed by atoms with van der Waals surface area (Å²) >= 11 is 1.77. The maximum Gasteiger partial charge on any atom is 0.191 e. The Bertz CT molecular complexity index is 618. The van der Waals surface area contributed by atoms with Crippen LogP contribution < -0.4 is 10.6 Å². The number of hydrogen-bond acceptors (Lipinski definition) is 3. The lowest BCUT2D eigenvalue weighted by atomic mass is 10.3. The summed E-state index contributed by atoms with van der Waals surface area (Å²) in [5.41, 5.74) is 0. The molecule has 0 aliphatic carbocycles. The predicted molar refractivity (Wildman–Crippen MR) is 115 cm³/mol. The van der Waals surface area contributed by atoms with E-state index in [1.807, 2.05) is 37.3 Å². The molecule has 1 aromatic heterocycles. The molecular formula is C17H24IN3OS2. The van der Waals surface area contributed by atoms with Gasteiger partial charge in [0.05, 0.1) is 17.3 Å². The zero-order valence-electron chi connectivity index (χ0n) is 13.7. The molecule has 0 aliphatic rings. The van der Waals surface area contributed by atoms with Crippen molar-refractivity contribution in [2.24, 2.45) is 4.99 Å². The summed E-state index contributed by atoms with van der Waals surface area (Å²) in [5.74, 6) is 1.32. The number of guanidine groups is 1. The Balaban J connectivity index is 0.00000288. The van der Waals surface area contributed by atoms with E-state index in [0.29, 0.717) is 12.3 Å². The van der Waals surface area contributed by atoms with Crippen LogP contribution in [0.1, 0.15) is 11.8 Å². The van der Waals surface area contributed by atoms with Gasteiger partial charge in [0.1, 0.15) is 0 Å². The van der Waals surface area contributed by atoms with Gasteiger partial charge in [0, 0.05) is 28.6 Å². The number of thiophene rings is 1. The fourth-order valence-electron chi connectivity index (χ4n) is 2.03. The molecule has 2 aromatic rings. The van der Waals surface area contributed by atoms with Crippen molar-refractivity contribution >= 4 is 52.1 Å². The number of nitrogens with one attached hydrogen (secondary N) is 2. The molecule has 0 saturated carbocycles. The zero-order valence-corrected chi connectivity index (χ0v) is 17.7. The summed E-state index contributed by atoms with van der Waals surface area (Å²) < 4.78 is 12.2. The third kappa shape index (κ3) is 7.76. The summed E-state index contributed by atoms with van der Waals surface area (Å²) in [5, 5.41) is 8.63. The van der Waals surface area contributed by atoms with E-state index in [1.54, 1.807) is 11.3 Å². The Morgan fingerprint density at radius 3 is 2.62 bits per heavy atom. The number of halogens is 1. The molecule has 0 bridgehead atoms. The monoisotopic (exact) mass is 477 g/mol. The van der Waals surface area contributed by atoms with Gasteiger partial charge in [0.2, 0.25) is 0 Å². The van der Waals surface area contributed by atoms with Gasteiger partial charge in [-0.1, -0.05) is 24.3 Å². The first-order valence-corrected chi connectivity index (χ1v) is 9.97. The Kier molecular flexibility index (Phi) is 10.9. The average Bonchev–Trinajstić information content (AvgIpc) is 3.09. The van der Waals surface area contributed by atoms with Crippen molar-refractivity contribution in [1.29, 1.82) is 0 Å². The van der Waals surface area contributed by atoms with Gasteiger partial charge in [-0.25, -0.2) is 0 Å². The van der Waals surface area contributed by atoms with E-state index in [2.05, 4.69) is 33.1 Å². The molecule has 0 aliphatic heterocycles. The molecule has 0 radical (unpaired) electrons. The third-order valence-corrected chi connectivity index (χ3v) is 5.43. The second-order valence-corrected chi connectivity index (χ2v) is 7.48. The molecule has 2 rings (SSSR count). The number of hydrogen-bond donors (Lipinski definition) is 2. The van der Waals surface area contributed by atoms with E-state index < -0.39 is 10.8 Å². The van der Waals surface area contributed by atoms with Gasteiger partial charge in [0.15, 0.2) is 5.96 Å². The minimum atomic E-state index is -0.995.